The predicted molar refractivity (Wildman–Crippen MR) is 127 cm³/mol. The number of quaternary nitrogens is 1. The molecule has 0 saturated heterocycles. The average molecular weight is 433 g/mol. The summed E-state index contributed by atoms with van der Waals surface area (Å²) in [7, 11) is 2.28. The Morgan fingerprint density at radius 1 is 0.793 bits per heavy atom. The molecule has 0 aromatic carbocycles. The topological polar surface area (TPSA) is 46.5 Å². The average Bonchev–Trinajstić information content (AvgIpc) is 2.63. The van der Waals surface area contributed by atoms with Crippen molar-refractivity contribution in [3.63, 3.8) is 0 Å². The molecule has 0 rings (SSSR count). The lowest BCUT2D eigenvalue weighted by atomic mass is 10.1. The van der Waals surface area contributed by atoms with E-state index < -0.39 is 7.60 Å². The van der Waals surface area contributed by atoms with Crippen LogP contribution in [0.4, 0.5) is 0 Å². The van der Waals surface area contributed by atoms with Crippen LogP contribution in [0.25, 0.3) is 0 Å². The maximum atomic E-state index is 12.5. The third-order valence-corrected chi connectivity index (χ3v) is 7.93. The molecule has 0 radical (unpaired) electrons. The SMILES string of the molecule is CCCCCCCCCCCC=CCCCCCOP(=O)(O)C(CC)[N+](C)(C)C. The fraction of sp³-hybridized carbons (Fsp3) is 0.917. The summed E-state index contributed by atoms with van der Waals surface area (Å²) in [6.07, 6.45) is 23.1. The highest BCUT2D eigenvalue weighted by atomic mass is 31.2. The summed E-state index contributed by atoms with van der Waals surface area (Å²) in [5.41, 5.74) is 0. The lowest BCUT2D eigenvalue weighted by molar-refractivity contribution is -0.883. The van der Waals surface area contributed by atoms with Gasteiger partial charge < -0.3 is 13.9 Å². The third-order valence-electron chi connectivity index (χ3n) is 5.57. The van der Waals surface area contributed by atoms with Gasteiger partial charge in [-0.1, -0.05) is 83.8 Å². The van der Waals surface area contributed by atoms with Gasteiger partial charge in [-0.05, 0) is 32.1 Å². The van der Waals surface area contributed by atoms with Crippen molar-refractivity contribution in [2.24, 2.45) is 0 Å². The molecule has 0 aliphatic heterocycles. The van der Waals surface area contributed by atoms with Crippen molar-refractivity contribution in [2.75, 3.05) is 27.7 Å². The van der Waals surface area contributed by atoms with E-state index in [2.05, 4.69) is 19.1 Å². The molecule has 0 saturated carbocycles. The van der Waals surface area contributed by atoms with Crippen LogP contribution in [0.15, 0.2) is 12.2 Å². The molecular formula is C24H51NO3P+. The van der Waals surface area contributed by atoms with E-state index in [1.807, 2.05) is 28.1 Å². The molecule has 0 bridgehead atoms. The van der Waals surface area contributed by atoms with Crippen molar-refractivity contribution in [1.82, 2.24) is 0 Å². The second-order valence-corrected chi connectivity index (χ2v) is 11.3. The van der Waals surface area contributed by atoms with Gasteiger partial charge >= 0.3 is 7.60 Å². The summed E-state index contributed by atoms with van der Waals surface area (Å²) < 4.78 is 18.3. The van der Waals surface area contributed by atoms with Crippen LogP contribution in [0.1, 0.15) is 110 Å². The van der Waals surface area contributed by atoms with Crippen LogP contribution < -0.4 is 0 Å². The largest absolute Gasteiger partial charge is 0.385 e. The van der Waals surface area contributed by atoms with Gasteiger partial charge in [-0.15, -0.1) is 0 Å². The molecular weight excluding hydrogens is 381 g/mol. The van der Waals surface area contributed by atoms with E-state index >= 15 is 0 Å². The van der Waals surface area contributed by atoms with Gasteiger partial charge in [0.2, 0.25) is 0 Å². The van der Waals surface area contributed by atoms with Gasteiger partial charge in [-0.3, -0.25) is 4.57 Å². The van der Waals surface area contributed by atoms with Gasteiger partial charge in [-0.25, -0.2) is 0 Å². The zero-order chi connectivity index (χ0) is 22.0. The molecule has 4 nitrogen and oxygen atoms in total. The van der Waals surface area contributed by atoms with Crippen molar-refractivity contribution in [1.29, 1.82) is 0 Å². The van der Waals surface area contributed by atoms with Crippen molar-refractivity contribution in [3.8, 4) is 0 Å². The van der Waals surface area contributed by atoms with Crippen LogP contribution in [0.5, 0.6) is 0 Å². The number of hydrogen-bond acceptors (Lipinski definition) is 2. The molecule has 2 unspecified atom stereocenters. The Kier molecular flexibility index (Phi) is 17.4. The number of hydrogen-bond donors (Lipinski definition) is 1. The molecule has 0 aromatic rings. The summed E-state index contributed by atoms with van der Waals surface area (Å²) in [6, 6.07) is 0. The van der Waals surface area contributed by atoms with E-state index in [0.29, 0.717) is 17.5 Å². The summed E-state index contributed by atoms with van der Waals surface area (Å²) in [5, 5.41) is 0. The molecule has 0 aliphatic carbocycles. The highest BCUT2D eigenvalue weighted by Gasteiger charge is 2.41. The maximum absolute atomic E-state index is 12.5. The monoisotopic (exact) mass is 432 g/mol. The molecule has 29 heavy (non-hydrogen) atoms. The van der Waals surface area contributed by atoms with Gasteiger partial charge in [0.05, 0.1) is 27.7 Å². The standard InChI is InChI=1S/C24H50NO3P/c1-6-8-9-10-11-12-13-14-15-16-17-18-19-20-21-22-23-28-29(26,27)24(7-2)25(3,4)5/h17-18,24H,6-16,19-23H2,1-5H3/p+1. The summed E-state index contributed by atoms with van der Waals surface area (Å²) in [5.74, 6) is -0.355. The van der Waals surface area contributed by atoms with E-state index in [0.717, 1.165) is 25.7 Å². The van der Waals surface area contributed by atoms with Crippen molar-refractivity contribution in [2.45, 2.75) is 116 Å². The van der Waals surface area contributed by atoms with Gasteiger partial charge in [0.1, 0.15) is 0 Å². The van der Waals surface area contributed by atoms with E-state index in [-0.39, 0.29) is 5.78 Å². The first-order valence-electron chi connectivity index (χ1n) is 12.2. The molecule has 174 valence electrons. The highest BCUT2D eigenvalue weighted by molar-refractivity contribution is 7.53. The Morgan fingerprint density at radius 3 is 1.69 bits per heavy atom. The van der Waals surface area contributed by atoms with Crippen LogP contribution in [0.2, 0.25) is 0 Å². The van der Waals surface area contributed by atoms with E-state index in [9.17, 15) is 9.46 Å². The van der Waals surface area contributed by atoms with E-state index in [1.165, 1.54) is 64.2 Å². The van der Waals surface area contributed by atoms with E-state index in [4.69, 9.17) is 4.52 Å². The fourth-order valence-electron chi connectivity index (χ4n) is 3.85. The first-order valence-corrected chi connectivity index (χ1v) is 13.8. The predicted octanol–water partition coefficient (Wildman–Crippen LogP) is 7.67. The summed E-state index contributed by atoms with van der Waals surface area (Å²) >= 11 is 0. The number of rotatable bonds is 20. The quantitative estimate of drug-likeness (QED) is 0.0929. The van der Waals surface area contributed by atoms with Crippen LogP contribution in [0, 0.1) is 0 Å². The van der Waals surface area contributed by atoms with E-state index in [1.54, 1.807) is 0 Å². The lowest BCUT2D eigenvalue weighted by Gasteiger charge is -2.35. The molecule has 0 aromatic heterocycles. The first-order chi connectivity index (χ1) is 13.8. The first kappa shape index (κ1) is 28.9. The molecule has 0 heterocycles. The Morgan fingerprint density at radius 2 is 1.24 bits per heavy atom. The Hall–Kier alpha value is -0.150. The Balaban J connectivity index is 3.55. The van der Waals surface area contributed by atoms with Crippen molar-refractivity contribution >= 4 is 7.60 Å². The number of unbranched alkanes of at least 4 members (excludes halogenated alkanes) is 12. The molecule has 0 fully saturated rings. The highest BCUT2D eigenvalue weighted by Crippen LogP contribution is 2.51. The van der Waals surface area contributed by atoms with Crippen LogP contribution in [0.3, 0.4) is 0 Å². The second-order valence-electron chi connectivity index (χ2n) is 9.34. The van der Waals surface area contributed by atoms with Gasteiger partial charge in [0, 0.05) is 6.42 Å². The summed E-state index contributed by atoms with van der Waals surface area (Å²) in [4.78, 5) is 10.2. The van der Waals surface area contributed by atoms with Crippen molar-refractivity contribution in [3.05, 3.63) is 12.2 Å². The van der Waals surface area contributed by atoms with Crippen LogP contribution >= 0.6 is 7.60 Å². The zero-order valence-corrected chi connectivity index (χ0v) is 21.1. The minimum Gasteiger partial charge on any atom is -0.320 e. The molecule has 0 amide bonds. The smallest absolute Gasteiger partial charge is 0.320 e. The zero-order valence-electron chi connectivity index (χ0n) is 20.2. The number of nitrogens with zero attached hydrogens (tertiary/aromatic N) is 1. The van der Waals surface area contributed by atoms with Crippen LogP contribution in [-0.4, -0.2) is 42.9 Å². The summed E-state index contributed by atoms with van der Waals surface area (Å²) in [6.45, 7) is 4.60. The molecule has 0 aliphatic rings. The molecule has 2 atom stereocenters. The van der Waals surface area contributed by atoms with Gasteiger partial charge in [0.15, 0.2) is 5.78 Å². The van der Waals surface area contributed by atoms with Crippen LogP contribution in [-0.2, 0) is 9.09 Å². The minimum atomic E-state index is -3.56. The maximum Gasteiger partial charge on any atom is 0.385 e. The van der Waals surface area contributed by atoms with Crippen molar-refractivity contribution < 1.29 is 18.5 Å². The molecule has 1 N–H and O–H groups in total. The second kappa shape index (κ2) is 17.5. The normalized spacial score (nSPS) is 15.7. The Labute approximate surface area is 182 Å². The minimum absolute atomic E-state index is 0.355. The molecule has 0 spiro atoms. The number of allylic oxidation sites excluding steroid dienone is 2. The fourth-order valence-corrected chi connectivity index (χ4v) is 5.75. The molecule has 5 heteroatoms. The third kappa shape index (κ3) is 16.2. The lowest BCUT2D eigenvalue weighted by Crippen LogP contribution is -2.44. The van der Waals surface area contributed by atoms with Gasteiger partial charge in [-0.2, -0.15) is 0 Å². The van der Waals surface area contributed by atoms with Gasteiger partial charge in [0.25, 0.3) is 0 Å². The Bertz CT molecular complexity index is 446.